The van der Waals surface area contributed by atoms with Gasteiger partial charge >= 0.3 is 0 Å². The van der Waals surface area contributed by atoms with Crippen LogP contribution in [0.1, 0.15) is 11.7 Å². The van der Waals surface area contributed by atoms with Gasteiger partial charge in [-0.3, -0.25) is 14.4 Å². The predicted octanol–water partition coefficient (Wildman–Crippen LogP) is -1.53. The normalized spacial score (nSPS) is 16.8. The number of nitrogens with two attached hydrogens (primary N) is 2. The van der Waals surface area contributed by atoms with Gasteiger partial charge in [-0.2, -0.15) is 0 Å². The molecule has 1 heterocycles. The Hall–Kier alpha value is -2.61. The lowest BCUT2D eigenvalue weighted by Gasteiger charge is -2.23. The Labute approximate surface area is 120 Å². The van der Waals surface area contributed by atoms with Crippen molar-refractivity contribution in [3.63, 3.8) is 0 Å². The second-order valence-corrected chi connectivity index (χ2v) is 4.83. The van der Waals surface area contributed by atoms with Crippen molar-refractivity contribution in [2.24, 2.45) is 11.5 Å². The van der Waals surface area contributed by atoms with Gasteiger partial charge < -0.3 is 26.4 Å². The summed E-state index contributed by atoms with van der Waals surface area (Å²) in [5.41, 5.74) is 11.8. The summed E-state index contributed by atoms with van der Waals surface area (Å²) in [5.74, 6) is -1.65. The number of rotatable bonds is 5. The van der Waals surface area contributed by atoms with E-state index in [1.54, 1.807) is 18.2 Å². The van der Waals surface area contributed by atoms with E-state index in [1.165, 1.54) is 16.8 Å². The van der Waals surface area contributed by atoms with Crippen LogP contribution in [0.25, 0.3) is 0 Å². The fraction of sp³-hybridized carbons (Fsp3) is 0.308. The Balaban J connectivity index is 2.38. The SMILES string of the molecule is CN1C(=O)C(O)c2ccc(N(CC(N)=O)CC(N)=O)cc21. The van der Waals surface area contributed by atoms with Crippen molar-refractivity contribution in [1.29, 1.82) is 0 Å². The molecular weight excluding hydrogens is 276 g/mol. The van der Waals surface area contributed by atoms with Crippen LogP contribution in [0.3, 0.4) is 0 Å². The molecule has 0 saturated heterocycles. The van der Waals surface area contributed by atoms with Crippen molar-refractivity contribution in [1.82, 2.24) is 0 Å². The van der Waals surface area contributed by atoms with Crippen molar-refractivity contribution in [2.45, 2.75) is 6.10 Å². The molecule has 0 aliphatic carbocycles. The molecular formula is C13H16N4O4. The second kappa shape index (κ2) is 5.41. The van der Waals surface area contributed by atoms with Gasteiger partial charge in [-0.1, -0.05) is 6.07 Å². The van der Waals surface area contributed by atoms with Crippen LogP contribution in [0.5, 0.6) is 0 Å². The minimum absolute atomic E-state index is 0.179. The fourth-order valence-electron chi connectivity index (χ4n) is 2.30. The van der Waals surface area contributed by atoms with Crippen LogP contribution in [0.2, 0.25) is 0 Å². The number of nitrogens with zero attached hydrogens (tertiary/aromatic N) is 2. The van der Waals surface area contributed by atoms with Crippen molar-refractivity contribution < 1.29 is 19.5 Å². The summed E-state index contributed by atoms with van der Waals surface area (Å²) < 4.78 is 0. The zero-order valence-electron chi connectivity index (χ0n) is 11.4. The molecule has 0 spiro atoms. The topological polar surface area (TPSA) is 130 Å². The number of aliphatic hydroxyl groups excluding tert-OH is 1. The highest BCUT2D eigenvalue weighted by Crippen LogP contribution is 2.37. The summed E-state index contributed by atoms with van der Waals surface area (Å²) >= 11 is 0. The highest BCUT2D eigenvalue weighted by atomic mass is 16.3. The minimum Gasteiger partial charge on any atom is -0.378 e. The average molecular weight is 292 g/mol. The van der Waals surface area contributed by atoms with E-state index < -0.39 is 23.8 Å². The van der Waals surface area contributed by atoms with Gasteiger partial charge in [0.2, 0.25) is 11.8 Å². The van der Waals surface area contributed by atoms with Gasteiger partial charge in [0.25, 0.3) is 5.91 Å². The van der Waals surface area contributed by atoms with Gasteiger partial charge in [0.05, 0.1) is 18.8 Å². The maximum Gasteiger partial charge on any atom is 0.260 e. The van der Waals surface area contributed by atoms with Crippen LogP contribution in [0.15, 0.2) is 18.2 Å². The molecule has 0 aromatic heterocycles. The largest absolute Gasteiger partial charge is 0.378 e. The first-order valence-electron chi connectivity index (χ1n) is 6.22. The Morgan fingerprint density at radius 2 is 1.86 bits per heavy atom. The van der Waals surface area contributed by atoms with E-state index in [9.17, 15) is 19.5 Å². The van der Waals surface area contributed by atoms with E-state index in [0.29, 0.717) is 16.9 Å². The lowest BCUT2D eigenvalue weighted by molar-refractivity contribution is -0.125. The molecule has 21 heavy (non-hydrogen) atoms. The number of fused-ring (bicyclic) bond motifs is 1. The Kier molecular flexibility index (Phi) is 3.81. The molecule has 0 fully saturated rings. The quantitative estimate of drug-likeness (QED) is 0.606. The summed E-state index contributed by atoms with van der Waals surface area (Å²) in [6.07, 6.45) is -1.19. The van der Waals surface area contributed by atoms with E-state index >= 15 is 0 Å². The molecule has 5 N–H and O–H groups in total. The first kappa shape index (κ1) is 14.8. The molecule has 8 nitrogen and oxygen atoms in total. The van der Waals surface area contributed by atoms with Gasteiger partial charge in [0.1, 0.15) is 0 Å². The predicted molar refractivity (Wildman–Crippen MR) is 75.4 cm³/mol. The molecule has 3 amide bonds. The van der Waals surface area contributed by atoms with E-state index in [2.05, 4.69) is 0 Å². The smallest absolute Gasteiger partial charge is 0.260 e. The zero-order valence-corrected chi connectivity index (χ0v) is 11.4. The van der Waals surface area contributed by atoms with Crippen molar-refractivity contribution in [2.75, 3.05) is 29.9 Å². The standard InChI is InChI=1S/C13H16N4O4/c1-16-9-4-7(2-3-8(9)12(20)13(16)21)17(5-10(14)18)6-11(15)19/h2-4,12,20H,5-6H2,1H3,(H2,14,18)(H2,15,19). The number of benzene rings is 1. The monoisotopic (exact) mass is 292 g/mol. The Morgan fingerprint density at radius 1 is 1.29 bits per heavy atom. The van der Waals surface area contributed by atoms with Gasteiger partial charge in [-0.25, -0.2) is 0 Å². The van der Waals surface area contributed by atoms with Crippen LogP contribution in [-0.4, -0.2) is 43.0 Å². The van der Waals surface area contributed by atoms with Crippen molar-refractivity contribution in [3.05, 3.63) is 23.8 Å². The van der Waals surface area contributed by atoms with Crippen LogP contribution in [0, 0.1) is 0 Å². The number of carbonyl (C=O) groups is 3. The third kappa shape index (κ3) is 2.79. The van der Waals surface area contributed by atoms with Crippen LogP contribution >= 0.6 is 0 Å². The Bertz CT molecular complexity index is 600. The lowest BCUT2D eigenvalue weighted by atomic mass is 10.1. The van der Waals surface area contributed by atoms with Crippen LogP contribution in [0.4, 0.5) is 11.4 Å². The summed E-state index contributed by atoms with van der Waals surface area (Å²) in [6, 6.07) is 4.78. The van der Waals surface area contributed by atoms with Gasteiger partial charge in [-0.15, -0.1) is 0 Å². The molecule has 112 valence electrons. The van der Waals surface area contributed by atoms with Crippen LogP contribution < -0.4 is 21.3 Å². The second-order valence-electron chi connectivity index (χ2n) is 4.83. The molecule has 1 aromatic rings. The van der Waals surface area contributed by atoms with Crippen molar-refractivity contribution >= 4 is 29.1 Å². The molecule has 2 rings (SSSR count). The number of hydrogen-bond acceptors (Lipinski definition) is 5. The molecule has 1 unspecified atom stereocenters. The maximum absolute atomic E-state index is 11.7. The van der Waals surface area contributed by atoms with E-state index in [0.717, 1.165) is 0 Å². The first-order valence-corrected chi connectivity index (χ1v) is 6.22. The van der Waals surface area contributed by atoms with E-state index in [1.807, 2.05) is 0 Å². The first-order chi connectivity index (χ1) is 9.81. The zero-order chi connectivity index (χ0) is 15.7. The van der Waals surface area contributed by atoms with Crippen LogP contribution in [-0.2, 0) is 14.4 Å². The lowest BCUT2D eigenvalue weighted by Crippen LogP contribution is -2.39. The molecule has 8 heteroatoms. The minimum atomic E-state index is -1.19. The number of primary amides is 2. The summed E-state index contributed by atoms with van der Waals surface area (Å²) in [6.45, 7) is -0.357. The summed E-state index contributed by atoms with van der Waals surface area (Å²) in [4.78, 5) is 36.6. The van der Waals surface area contributed by atoms with Gasteiger partial charge in [0, 0.05) is 18.3 Å². The highest BCUT2D eigenvalue weighted by Gasteiger charge is 2.34. The number of aliphatic hydroxyl groups is 1. The van der Waals surface area contributed by atoms with Gasteiger partial charge in [0.15, 0.2) is 6.10 Å². The molecule has 0 saturated carbocycles. The molecule has 1 aliphatic heterocycles. The maximum atomic E-state index is 11.7. The molecule has 1 aliphatic rings. The molecule has 0 bridgehead atoms. The van der Waals surface area contributed by atoms with Gasteiger partial charge in [-0.05, 0) is 12.1 Å². The van der Waals surface area contributed by atoms with E-state index in [4.69, 9.17) is 11.5 Å². The number of amides is 3. The fourth-order valence-corrected chi connectivity index (χ4v) is 2.30. The number of hydrogen-bond donors (Lipinski definition) is 3. The van der Waals surface area contributed by atoms with Crippen molar-refractivity contribution in [3.8, 4) is 0 Å². The molecule has 1 aromatic carbocycles. The molecule has 0 radical (unpaired) electrons. The third-order valence-corrected chi connectivity index (χ3v) is 3.29. The number of anilines is 2. The van der Waals surface area contributed by atoms with E-state index in [-0.39, 0.29) is 13.1 Å². The number of carbonyl (C=O) groups excluding carboxylic acids is 3. The highest BCUT2D eigenvalue weighted by molar-refractivity contribution is 6.04. The molecule has 1 atom stereocenters. The summed E-state index contributed by atoms with van der Waals surface area (Å²) in [7, 11) is 1.54. The Morgan fingerprint density at radius 3 is 2.38 bits per heavy atom. The summed E-state index contributed by atoms with van der Waals surface area (Å²) in [5, 5.41) is 9.79. The number of likely N-dealkylation sites (N-methyl/N-ethyl adjacent to an activating group) is 1. The third-order valence-electron chi connectivity index (χ3n) is 3.29. The average Bonchev–Trinajstić information content (AvgIpc) is 2.62.